The van der Waals surface area contributed by atoms with Crippen molar-refractivity contribution in [3.63, 3.8) is 0 Å². The summed E-state index contributed by atoms with van der Waals surface area (Å²) >= 11 is 0. The van der Waals surface area contributed by atoms with E-state index in [1.165, 1.54) is 103 Å². The second-order valence-corrected chi connectivity index (χ2v) is 6.91. The lowest BCUT2D eigenvalue weighted by atomic mass is 9.90. The van der Waals surface area contributed by atoms with Crippen LogP contribution in [0.25, 0.3) is 0 Å². The summed E-state index contributed by atoms with van der Waals surface area (Å²) in [7, 11) is 0. The molecule has 0 aromatic heterocycles. The monoisotopic (exact) mass is 297 g/mol. The molecule has 0 spiro atoms. The van der Waals surface area contributed by atoms with Gasteiger partial charge in [-0.2, -0.15) is 0 Å². The Labute approximate surface area is 135 Å². The Bertz CT molecular complexity index is 179. The van der Waals surface area contributed by atoms with E-state index >= 15 is 0 Å². The van der Waals surface area contributed by atoms with Crippen LogP contribution in [0, 0.1) is 5.92 Å². The third-order valence-corrected chi connectivity index (χ3v) is 4.75. The van der Waals surface area contributed by atoms with E-state index in [9.17, 15) is 0 Å². The van der Waals surface area contributed by atoms with Crippen LogP contribution in [0.3, 0.4) is 0 Å². The normalized spacial score (nSPS) is 12.7. The smallest absolute Gasteiger partial charge is 0.00773 e. The summed E-state index contributed by atoms with van der Waals surface area (Å²) in [6, 6.07) is 0. The molecule has 0 fully saturated rings. The highest BCUT2D eigenvalue weighted by molar-refractivity contribution is 4.62. The minimum Gasteiger partial charge on any atom is -0.330 e. The summed E-state index contributed by atoms with van der Waals surface area (Å²) in [5.74, 6) is 0.990. The quantitative estimate of drug-likeness (QED) is 0.292. The molecule has 0 aliphatic rings. The predicted octanol–water partition coefficient (Wildman–Crippen LogP) is 6.84. The molecule has 0 bridgehead atoms. The predicted molar refractivity (Wildman–Crippen MR) is 97.8 cm³/mol. The van der Waals surface area contributed by atoms with Gasteiger partial charge in [-0.3, -0.25) is 0 Å². The lowest BCUT2D eigenvalue weighted by Gasteiger charge is -2.17. The van der Waals surface area contributed by atoms with E-state index in [1.807, 2.05) is 0 Å². The van der Waals surface area contributed by atoms with E-state index in [0.29, 0.717) is 0 Å². The molecule has 0 saturated heterocycles. The molecular formula is C20H43N. The zero-order valence-electron chi connectivity index (χ0n) is 15.2. The maximum absolute atomic E-state index is 5.64. The Balaban J connectivity index is 3.64. The first-order valence-corrected chi connectivity index (χ1v) is 10.0. The molecule has 0 rings (SSSR count). The van der Waals surface area contributed by atoms with Crippen LogP contribution in [0.2, 0.25) is 0 Å². The average Bonchev–Trinajstić information content (AvgIpc) is 2.50. The zero-order chi connectivity index (χ0) is 15.6. The fourth-order valence-electron chi connectivity index (χ4n) is 3.26. The van der Waals surface area contributed by atoms with Gasteiger partial charge in [0.25, 0.3) is 0 Å². The Morgan fingerprint density at radius 3 is 1.33 bits per heavy atom. The molecule has 2 N–H and O–H groups in total. The van der Waals surface area contributed by atoms with Gasteiger partial charge in [-0.1, -0.05) is 110 Å². The van der Waals surface area contributed by atoms with Gasteiger partial charge in [0.15, 0.2) is 0 Å². The third-order valence-electron chi connectivity index (χ3n) is 4.75. The maximum atomic E-state index is 5.64. The average molecular weight is 298 g/mol. The minimum absolute atomic E-state index is 0.875. The van der Waals surface area contributed by atoms with Gasteiger partial charge in [0.1, 0.15) is 0 Å². The van der Waals surface area contributed by atoms with Crippen molar-refractivity contribution in [2.45, 2.75) is 117 Å². The summed E-state index contributed by atoms with van der Waals surface area (Å²) < 4.78 is 0. The van der Waals surface area contributed by atoms with Crippen molar-refractivity contribution in [2.24, 2.45) is 11.7 Å². The molecule has 0 aliphatic heterocycles. The van der Waals surface area contributed by atoms with Gasteiger partial charge in [0.2, 0.25) is 0 Å². The first-order chi connectivity index (χ1) is 10.3. The van der Waals surface area contributed by atoms with E-state index in [1.54, 1.807) is 0 Å². The van der Waals surface area contributed by atoms with Gasteiger partial charge in [0, 0.05) is 0 Å². The van der Waals surface area contributed by atoms with Crippen molar-refractivity contribution in [1.82, 2.24) is 0 Å². The summed E-state index contributed by atoms with van der Waals surface area (Å²) in [6.07, 6.45) is 22.7. The SMILES string of the molecule is CCCCCCCC[C@@H](CCCCN)CCCCCCC. The van der Waals surface area contributed by atoms with Crippen LogP contribution in [0.15, 0.2) is 0 Å². The van der Waals surface area contributed by atoms with Crippen molar-refractivity contribution in [1.29, 1.82) is 0 Å². The van der Waals surface area contributed by atoms with Crippen molar-refractivity contribution in [2.75, 3.05) is 6.54 Å². The van der Waals surface area contributed by atoms with Crippen LogP contribution in [-0.2, 0) is 0 Å². The van der Waals surface area contributed by atoms with E-state index < -0.39 is 0 Å². The Hall–Kier alpha value is -0.0400. The molecule has 0 aromatic rings. The van der Waals surface area contributed by atoms with Crippen molar-refractivity contribution < 1.29 is 0 Å². The highest BCUT2D eigenvalue weighted by atomic mass is 14.5. The van der Waals surface area contributed by atoms with Crippen LogP contribution < -0.4 is 5.73 Å². The van der Waals surface area contributed by atoms with Crippen molar-refractivity contribution >= 4 is 0 Å². The van der Waals surface area contributed by atoms with Crippen LogP contribution in [0.4, 0.5) is 0 Å². The molecule has 128 valence electrons. The topological polar surface area (TPSA) is 26.0 Å². The van der Waals surface area contributed by atoms with Gasteiger partial charge in [-0.25, -0.2) is 0 Å². The van der Waals surface area contributed by atoms with Gasteiger partial charge >= 0.3 is 0 Å². The lowest BCUT2D eigenvalue weighted by Crippen LogP contribution is -2.04. The van der Waals surface area contributed by atoms with Crippen LogP contribution in [0.1, 0.15) is 117 Å². The third kappa shape index (κ3) is 16.2. The largest absolute Gasteiger partial charge is 0.330 e. The molecule has 1 nitrogen and oxygen atoms in total. The van der Waals surface area contributed by atoms with Crippen LogP contribution in [-0.4, -0.2) is 6.54 Å². The summed E-state index contributed by atoms with van der Waals surface area (Å²) in [5.41, 5.74) is 5.64. The highest BCUT2D eigenvalue weighted by Gasteiger charge is 2.08. The molecule has 0 heterocycles. The van der Waals surface area contributed by atoms with Crippen molar-refractivity contribution in [3.8, 4) is 0 Å². The fraction of sp³-hybridized carbons (Fsp3) is 1.00. The lowest BCUT2D eigenvalue weighted by molar-refractivity contribution is 0.369. The number of hydrogen-bond acceptors (Lipinski definition) is 1. The Morgan fingerprint density at radius 1 is 0.524 bits per heavy atom. The molecule has 1 atom stereocenters. The molecule has 0 aromatic carbocycles. The number of rotatable bonds is 17. The summed E-state index contributed by atoms with van der Waals surface area (Å²) in [4.78, 5) is 0. The molecule has 0 saturated carbocycles. The number of unbranched alkanes of at least 4 members (excludes halogenated alkanes) is 10. The van der Waals surface area contributed by atoms with Gasteiger partial charge in [0.05, 0.1) is 0 Å². The number of hydrogen-bond donors (Lipinski definition) is 1. The molecule has 0 amide bonds. The zero-order valence-corrected chi connectivity index (χ0v) is 15.2. The van der Waals surface area contributed by atoms with Gasteiger partial charge < -0.3 is 5.73 Å². The molecule has 0 radical (unpaired) electrons. The second-order valence-electron chi connectivity index (χ2n) is 6.91. The standard InChI is InChI=1S/C20H43N/c1-3-5-7-9-11-13-17-20(18-14-15-19-21)16-12-10-8-6-4-2/h20H,3-19,21H2,1-2H3/t20-/m0/s1. The van der Waals surface area contributed by atoms with E-state index in [0.717, 1.165) is 12.5 Å². The Kier molecular flexibility index (Phi) is 18.0. The van der Waals surface area contributed by atoms with E-state index in [2.05, 4.69) is 13.8 Å². The Morgan fingerprint density at radius 2 is 0.905 bits per heavy atom. The molecular weight excluding hydrogens is 254 g/mol. The highest BCUT2D eigenvalue weighted by Crippen LogP contribution is 2.23. The fourth-order valence-corrected chi connectivity index (χ4v) is 3.26. The van der Waals surface area contributed by atoms with E-state index in [4.69, 9.17) is 5.73 Å². The molecule has 0 aliphatic carbocycles. The molecule has 0 unspecified atom stereocenters. The van der Waals surface area contributed by atoms with E-state index in [-0.39, 0.29) is 0 Å². The van der Waals surface area contributed by atoms with Gasteiger partial charge in [-0.05, 0) is 18.9 Å². The molecule has 21 heavy (non-hydrogen) atoms. The second kappa shape index (κ2) is 18.0. The summed E-state index contributed by atoms with van der Waals surface area (Å²) in [6.45, 7) is 5.47. The maximum Gasteiger partial charge on any atom is -0.00773 e. The van der Waals surface area contributed by atoms with Crippen molar-refractivity contribution in [3.05, 3.63) is 0 Å². The first-order valence-electron chi connectivity index (χ1n) is 10.0. The number of nitrogens with two attached hydrogens (primary N) is 1. The van der Waals surface area contributed by atoms with Crippen LogP contribution in [0.5, 0.6) is 0 Å². The van der Waals surface area contributed by atoms with Crippen LogP contribution >= 0.6 is 0 Å². The molecule has 1 heteroatoms. The first kappa shape index (κ1) is 21.0. The summed E-state index contributed by atoms with van der Waals surface area (Å²) in [5, 5.41) is 0. The van der Waals surface area contributed by atoms with Gasteiger partial charge in [-0.15, -0.1) is 0 Å². The minimum atomic E-state index is 0.875.